The van der Waals surface area contributed by atoms with Crippen LogP contribution in [0.3, 0.4) is 0 Å². The van der Waals surface area contributed by atoms with E-state index < -0.39 is 0 Å². The summed E-state index contributed by atoms with van der Waals surface area (Å²) in [4.78, 5) is 0. The summed E-state index contributed by atoms with van der Waals surface area (Å²) < 4.78 is 0. The zero-order valence-corrected chi connectivity index (χ0v) is 43.4. The second kappa shape index (κ2) is 15.6. The maximum Gasteiger partial charge on any atom is -0.00139 e. The van der Waals surface area contributed by atoms with Crippen LogP contribution in [-0.4, -0.2) is 0 Å². The molecular formula is C80H44. The molecule has 28 aromatic rings. The quantitative estimate of drug-likeness (QED) is 0.133. The summed E-state index contributed by atoms with van der Waals surface area (Å²) in [5.41, 5.74) is 0. The molecule has 28 rings (SSSR count). The molecule has 14 bridgehead atoms. The number of rotatable bonds is 0. The van der Waals surface area contributed by atoms with Gasteiger partial charge in [-0.2, -0.15) is 0 Å². The molecule has 364 valence electrons. The second-order valence-electron chi connectivity index (χ2n) is 22.4. The Morgan fingerprint density at radius 2 is 0.237 bits per heavy atom. The van der Waals surface area contributed by atoms with E-state index in [2.05, 4.69) is 267 Å². The van der Waals surface area contributed by atoms with Crippen LogP contribution in [0.15, 0.2) is 267 Å². The predicted octanol–water partition coefficient (Wildman–Crippen LogP) is 23.0. The van der Waals surface area contributed by atoms with E-state index in [1.165, 1.54) is 194 Å². The minimum Gasteiger partial charge on any atom is -0.0616 e. The third-order valence-corrected chi connectivity index (χ3v) is 18.6. The Bertz CT molecular complexity index is 5390. The Kier molecular flexibility index (Phi) is 8.34. The Hall–Kier alpha value is -10.4. The van der Waals surface area contributed by atoms with Crippen LogP contribution in [0.4, 0.5) is 0 Å². The third kappa shape index (κ3) is 5.49. The van der Waals surface area contributed by atoms with Crippen LogP contribution < -0.4 is 0 Å². The Morgan fingerprint density at radius 3 is 0.425 bits per heavy atom. The van der Waals surface area contributed by atoms with Gasteiger partial charge in [0.15, 0.2) is 0 Å². The molecule has 0 heteroatoms. The second-order valence-corrected chi connectivity index (χ2v) is 22.4. The lowest BCUT2D eigenvalue weighted by Gasteiger charge is -2.18. The van der Waals surface area contributed by atoms with Gasteiger partial charge in [0.2, 0.25) is 0 Å². The first-order valence-corrected chi connectivity index (χ1v) is 28.1. The monoisotopic (exact) mass is 1000 g/mol. The molecule has 80 heavy (non-hydrogen) atoms. The lowest BCUT2D eigenvalue weighted by molar-refractivity contribution is 1.79. The molecule has 0 saturated carbocycles. The van der Waals surface area contributed by atoms with Crippen LogP contribution >= 0.6 is 0 Å². The summed E-state index contributed by atoms with van der Waals surface area (Å²) >= 11 is 0. The van der Waals surface area contributed by atoms with E-state index in [9.17, 15) is 0 Å². The van der Waals surface area contributed by atoms with Crippen LogP contribution in [0.2, 0.25) is 0 Å². The van der Waals surface area contributed by atoms with Gasteiger partial charge in [-0.1, -0.05) is 243 Å². The van der Waals surface area contributed by atoms with Crippen LogP contribution in [0.5, 0.6) is 0 Å². The highest BCUT2D eigenvalue weighted by molar-refractivity contribution is 6.44. The first-order chi connectivity index (χ1) is 39.7. The molecule has 0 aromatic heterocycles. The molecule has 0 radical (unpaired) electrons. The van der Waals surface area contributed by atoms with Gasteiger partial charge in [0.25, 0.3) is 0 Å². The van der Waals surface area contributed by atoms with E-state index in [0.29, 0.717) is 0 Å². The van der Waals surface area contributed by atoms with E-state index in [-0.39, 0.29) is 0 Å². The molecule has 0 aliphatic carbocycles. The highest BCUT2D eigenvalue weighted by atomic mass is 14.2. The molecule has 28 aromatic carbocycles. The molecule has 0 spiro atoms. The van der Waals surface area contributed by atoms with E-state index in [1.54, 1.807) is 0 Å². The standard InChI is InChI=1S/C80H44/c1-9-25-57-49(17-1)50-18-2-10-26-58(50)74-46-34-38-66-70(42-46)54-22-6-14-30-62(54)78-64-32-16-8-24-56(64)72-44-48(36-40-68(72)80(66)78)76-60-28-12-4-20-52(60)51-19-3-11-27-59(51)75(76)47-35-39-67-71(43-47)55-23-7-15-31-63(55)77-61-29-13-5-21-53(61)69-41-45(73(57)74)33-37-65(69)79(67)77/h1-44H. The Balaban J connectivity index is 1.15. The molecule has 0 fully saturated rings. The van der Waals surface area contributed by atoms with Crippen molar-refractivity contribution in [1.29, 1.82) is 0 Å². The Morgan fingerprint density at radius 1 is 0.100 bits per heavy atom. The summed E-state index contributed by atoms with van der Waals surface area (Å²) in [7, 11) is 0. The molecule has 0 aliphatic rings. The van der Waals surface area contributed by atoms with Crippen LogP contribution in [-0.2, 0) is 0 Å². The summed E-state index contributed by atoms with van der Waals surface area (Å²) in [6, 6.07) is 103. The largest absolute Gasteiger partial charge is 0.0616 e. The maximum absolute atomic E-state index is 2.53. The van der Waals surface area contributed by atoms with Crippen LogP contribution in [0, 0.1) is 0 Å². The first-order valence-electron chi connectivity index (χ1n) is 28.1. The summed E-state index contributed by atoms with van der Waals surface area (Å²) in [6.45, 7) is 0. The smallest absolute Gasteiger partial charge is 0.00139 e. The minimum atomic E-state index is 1.21. The Labute approximate surface area is 458 Å². The molecule has 0 heterocycles. The van der Waals surface area contributed by atoms with Crippen molar-refractivity contribution in [3.63, 3.8) is 0 Å². The van der Waals surface area contributed by atoms with Crippen molar-refractivity contribution in [1.82, 2.24) is 0 Å². The van der Waals surface area contributed by atoms with E-state index in [0.717, 1.165) is 0 Å². The lowest BCUT2D eigenvalue weighted by atomic mass is 9.84. The van der Waals surface area contributed by atoms with E-state index in [4.69, 9.17) is 0 Å². The zero-order valence-electron chi connectivity index (χ0n) is 43.4. The average molecular weight is 1010 g/mol. The van der Waals surface area contributed by atoms with Gasteiger partial charge in [0.1, 0.15) is 0 Å². The number of hydrogen-bond acceptors (Lipinski definition) is 0. The van der Waals surface area contributed by atoms with Crippen molar-refractivity contribution in [3.8, 4) is 0 Å². The summed E-state index contributed by atoms with van der Waals surface area (Å²) in [5.74, 6) is 0. The fourth-order valence-corrected chi connectivity index (χ4v) is 15.4. The molecule has 0 aliphatic heterocycles. The molecule has 0 saturated heterocycles. The molecule has 0 atom stereocenters. The number of hydrogen-bond donors (Lipinski definition) is 0. The van der Waals surface area contributed by atoms with Gasteiger partial charge in [0.05, 0.1) is 0 Å². The van der Waals surface area contributed by atoms with Crippen molar-refractivity contribution < 1.29 is 0 Å². The average Bonchev–Trinajstić information content (AvgIpc) is 3.61. The summed E-state index contributed by atoms with van der Waals surface area (Å²) in [6.07, 6.45) is 0. The molecule has 0 unspecified atom stereocenters. The SMILES string of the molecule is c1ccc2c(c1)c1ccccc1c1c3ccc4c(c3)c3ccccc3c3c5ccccc5c5cc(ccc5c43)c3c4ccccc4c4ccccc4c3c3ccc4c(c3)c3ccccc3c3c5ccccc5c5cc(ccc5c43)c21. The topological polar surface area (TPSA) is 0 Å². The van der Waals surface area contributed by atoms with Crippen molar-refractivity contribution in [2.24, 2.45) is 0 Å². The molecule has 0 N–H and O–H groups in total. The van der Waals surface area contributed by atoms with Gasteiger partial charge in [-0.15, -0.1) is 0 Å². The van der Waals surface area contributed by atoms with E-state index in [1.807, 2.05) is 0 Å². The van der Waals surface area contributed by atoms with Gasteiger partial charge >= 0.3 is 0 Å². The summed E-state index contributed by atoms with van der Waals surface area (Å²) in [5, 5.41) is 45.4. The third-order valence-electron chi connectivity index (χ3n) is 18.6. The van der Waals surface area contributed by atoms with Crippen molar-refractivity contribution in [3.05, 3.63) is 267 Å². The van der Waals surface area contributed by atoms with Gasteiger partial charge in [0, 0.05) is 0 Å². The van der Waals surface area contributed by atoms with E-state index >= 15 is 0 Å². The zero-order chi connectivity index (χ0) is 51.9. The normalized spacial score (nSPS) is 12.5. The molecular weight excluding hydrogens is 961 g/mol. The highest BCUT2D eigenvalue weighted by Crippen LogP contribution is 2.50. The maximum atomic E-state index is 2.53. The number of benzene rings is 18. The van der Waals surface area contributed by atoms with Crippen molar-refractivity contribution in [2.75, 3.05) is 0 Å². The fraction of sp³-hybridized carbons (Fsp3) is 0. The van der Waals surface area contributed by atoms with Crippen molar-refractivity contribution in [2.45, 2.75) is 0 Å². The van der Waals surface area contributed by atoms with Crippen LogP contribution in [0.25, 0.3) is 194 Å². The van der Waals surface area contributed by atoms with Crippen LogP contribution in [0.1, 0.15) is 0 Å². The van der Waals surface area contributed by atoms with Gasteiger partial charge in [-0.05, 0) is 218 Å². The molecule has 0 nitrogen and oxygen atoms in total. The number of fused-ring (bicyclic) bond motifs is 14. The highest BCUT2D eigenvalue weighted by Gasteiger charge is 2.21. The minimum absolute atomic E-state index is 1.21. The lowest BCUT2D eigenvalue weighted by Crippen LogP contribution is -1.90. The molecule has 0 amide bonds. The van der Waals surface area contributed by atoms with Crippen molar-refractivity contribution >= 4 is 194 Å². The van der Waals surface area contributed by atoms with Gasteiger partial charge < -0.3 is 0 Å². The fourth-order valence-electron chi connectivity index (χ4n) is 15.4. The van der Waals surface area contributed by atoms with Gasteiger partial charge in [-0.25, -0.2) is 0 Å². The van der Waals surface area contributed by atoms with Gasteiger partial charge in [-0.3, -0.25) is 0 Å². The first kappa shape index (κ1) is 42.7. The predicted molar refractivity (Wildman–Crippen MR) is 350 cm³/mol.